The molecule has 3 N–H and O–H groups in total. The summed E-state index contributed by atoms with van der Waals surface area (Å²) in [5.74, 6) is 0.899. The Bertz CT molecular complexity index is 1150. The summed E-state index contributed by atoms with van der Waals surface area (Å²) in [6.07, 6.45) is 1.49. The summed E-state index contributed by atoms with van der Waals surface area (Å²) in [6.45, 7) is 12.6. The fourth-order valence-electron chi connectivity index (χ4n) is 3.29. The Kier molecular flexibility index (Phi) is 6.44. The number of H-pyrrole nitrogens is 1. The van der Waals surface area contributed by atoms with Gasteiger partial charge in [-0.1, -0.05) is 71.9 Å². The van der Waals surface area contributed by atoms with E-state index in [-0.39, 0.29) is 22.3 Å². The van der Waals surface area contributed by atoms with E-state index in [4.69, 9.17) is 4.74 Å². The molecule has 0 saturated carbocycles. The van der Waals surface area contributed by atoms with Gasteiger partial charge in [0.1, 0.15) is 5.75 Å². The predicted molar refractivity (Wildman–Crippen MR) is 130 cm³/mol. The average Bonchev–Trinajstić information content (AvgIpc) is 2.70. The zero-order valence-corrected chi connectivity index (χ0v) is 19.5. The first kappa shape index (κ1) is 23.1. The van der Waals surface area contributed by atoms with E-state index in [9.17, 15) is 9.59 Å². The summed E-state index contributed by atoms with van der Waals surface area (Å²) in [4.78, 5) is 27.7. The topological polar surface area (TPSA) is 83.2 Å². The molecule has 0 spiro atoms. The number of carbonyl (C=O) groups is 1. The largest absolute Gasteiger partial charge is 0.455 e. The Balaban J connectivity index is 1.82. The van der Waals surface area contributed by atoms with E-state index >= 15 is 0 Å². The maximum absolute atomic E-state index is 12.6. The minimum absolute atomic E-state index is 0.0215. The number of aromatic amines is 1. The van der Waals surface area contributed by atoms with Gasteiger partial charge < -0.3 is 15.0 Å². The van der Waals surface area contributed by atoms with Gasteiger partial charge in [-0.15, -0.1) is 0 Å². The lowest BCUT2D eigenvalue weighted by atomic mass is 9.86. The standard InChI is InChI=1S/C26H31N3O3/c1-25(2,3)17-11-13-18(14-12-17)28-24(31)29-22-21(15-16-27-23(22)30)32-20-10-8-7-9-19(20)26(4,5)6/h7-16H,1-6H3,(H,27,30)(H2,28,29,31). The highest BCUT2D eigenvalue weighted by molar-refractivity contribution is 6.00. The summed E-state index contributed by atoms with van der Waals surface area (Å²) < 4.78 is 6.09. The first-order chi connectivity index (χ1) is 14.9. The molecule has 32 heavy (non-hydrogen) atoms. The van der Waals surface area contributed by atoms with Crippen molar-refractivity contribution < 1.29 is 9.53 Å². The molecule has 3 aromatic rings. The van der Waals surface area contributed by atoms with Crippen molar-refractivity contribution in [3.05, 3.63) is 82.3 Å². The second-order valence-corrected chi connectivity index (χ2v) is 9.80. The number of hydrogen-bond donors (Lipinski definition) is 3. The van der Waals surface area contributed by atoms with Crippen LogP contribution < -0.4 is 20.9 Å². The van der Waals surface area contributed by atoms with Crippen LogP contribution in [0.15, 0.2) is 65.6 Å². The number of carbonyl (C=O) groups excluding carboxylic acids is 1. The molecule has 0 bridgehead atoms. The van der Waals surface area contributed by atoms with Crippen molar-refractivity contribution in [2.24, 2.45) is 0 Å². The van der Waals surface area contributed by atoms with Crippen molar-refractivity contribution in [3.8, 4) is 11.5 Å². The maximum Gasteiger partial charge on any atom is 0.323 e. The molecular weight excluding hydrogens is 402 g/mol. The van der Waals surface area contributed by atoms with Crippen molar-refractivity contribution >= 4 is 17.4 Å². The van der Waals surface area contributed by atoms with Crippen molar-refractivity contribution in [2.75, 3.05) is 10.6 Å². The third-order valence-electron chi connectivity index (χ3n) is 5.08. The predicted octanol–water partition coefficient (Wildman–Crippen LogP) is 6.41. The number of para-hydroxylation sites is 1. The van der Waals surface area contributed by atoms with Gasteiger partial charge in [0.15, 0.2) is 11.4 Å². The number of benzene rings is 2. The molecule has 2 aromatic carbocycles. The van der Waals surface area contributed by atoms with Crippen LogP contribution in [-0.4, -0.2) is 11.0 Å². The Morgan fingerprint density at radius 3 is 2.09 bits per heavy atom. The molecule has 2 amide bonds. The SMILES string of the molecule is CC(C)(C)c1ccc(NC(=O)Nc2c(Oc3ccccc3C(C)(C)C)cc[nH]c2=O)cc1. The molecule has 0 unspecified atom stereocenters. The molecule has 0 aliphatic rings. The van der Waals surface area contributed by atoms with Crippen LogP contribution in [0.25, 0.3) is 0 Å². The Morgan fingerprint density at radius 2 is 1.47 bits per heavy atom. The van der Waals surface area contributed by atoms with Gasteiger partial charge in [0.25, 0.3) is 5.56 Å². The lowest BCUT2D eigenvalue weighted by Gasteiger charge is -2.23. The third kappa shape index (κ3) is 5.58. The van der Waals surface area contributed by atoms with Crippen LogP contribution in [0.5, 0.6) is 11.5 Å². The van der Waals surface area contributed by atoms with Gasteiger partial charge in [-0.25, -0.2) is 4.79 Å². The van der Waals surface area contributed by atoms with Crippen LogP contribution in [0.3, 0.4) is 0 Å². The molecule has 0 fully saturated rings. The number of amides is 2. The van der Waals surface area contributed by atoms with E-state index in [1.165, 1.54) is 6.20 Å². The molecular formula is C26H31N3O3. The second-order valence-electron chi connectivity index (χ2n) is 9.80. The van der Waals surface area contributed by atoms with Gasteiger partial charge in [-0.2, -0.15) is 0 Å². The summed E-state index contributed by atoms with van der Waals surface area (Å²) in [6, 6.07) is 16.4. The smallest absolute Gasteiger partial charge is 0.323 e. The third-order valence-corrected chi connectivity index (χ3v) is 5.08. The summed E-state index contributed by atoms with van der Waals surface area (Å²) >= 11 is 0. The highest BCUT2D eigenvalue weighted by Gasteiger charge is 2.21. The molecule has 3 rings (SSSR count). The highest BCUT2D eigenvalue weighted by atomic mass is 16.5. The van der Waals surface area contributed by atoms with Crippen molar-refractivity contribution in [2.45, 2.75) is 52.4 Å². The first-order valence-corrected chi connectivity index (χ1v) is 10.6. The lowest BCUT2D eigenvalue weighted by Crippen LogP contribution is -2.25. The second kappa shape index (κ2) is 8.91. The van der Waals surface area contributed by atoms with E-state index in [1.54, 1.807) is 6.07 Å². The van der Waals surface area contributed by atoms with Crippen LogP contribution in [0.2, 0.25) is 0 Å². The molecule has 0 radical (unpaired) electrons. The molecule has 6 heteroatoms. The van der Waals surface area contributed by atoms with Crippen LogP contribution in [-0.2, 0) is 10.8 Å². The van der Waals surface area contributed by atoms with E-state index in [1.807, 2.05) is 48.5 Å². The molecule has 0 atom stereocenters. The average molecular weight is 434 g/mol. The minimum atomic E-state index is -0.529. The number of hydrogen-bond acceptors (Lipinski definition) is 3. The van der Waals surface area contributed by atoms with Gasteiger partial charge in [-0.05, 0) is 40.7 Å². The summed E-state index contributed by atoms with van der Waals surface area (Å²) in [5.41, 5.74) is 2.25. The molecule has 6 nitrogen and oxygen atoms in total. The van der Waals surface area contributed by atoms with Crippen molar-refractivity contribution in [1.29, 1.82) is 0 Å². The van der Waals surface area contributed by atoms with Crippen LogP contribution in [0, 0.1) is 0 Å². The number of aromatic nitrogens is 1. The Labute approximate surface area is 189 Å². The summed E-state index contributed by atoms with van der Waals surface area (Å²) in [5, 5.41) is 5.40. The molecule has 0 saturated heterocycles. The Morgan fingerprint density at radius 1 is 0.812 bits per heavy atom. The number of nitrogens with one attached hydrogen (secondary N) is 3. The van der Waals surface area contributed by atoms with E-state index < -0.39 is 11.6 Å². The van der Waals surface area contributed by atoms with Gasteiger partial charge >= 0.3 is 6.03 Å². The number of rotatable bonds is 4. The monoisotopic (exact) mass is 433 g/mol. The number of ether oxygens (including phenoxy) is 1. The van der Waals surface area contributed by atoms with E-state index in [0.29, 0.717) is 11.4 Å². The fraction of sp³-hybridized carbons (Fsp3) is 0.308. The molecule has 1 aromatic heterocycles. The maximum atomic E-state index is 12.6. The number of anilines is 2. The van der Waals surface area contributed by atoms with Gasteiger partial charge in [0.05, 0.1) is 0 Å². The minimum Gasteiger partial charge on any atom is -0.455 e. The normalized spacial score (nSPS) is 11.7. The van der Waals surface area contributed by atoms with Crippen molar-refractivity contribution in [3.63, 3.8) is 0 Å². The van der Waals surface area contributed by atoms with Gasteiger partial charge in [-0.3, -0.25) is 10.1 Å². The molecule has 0 aliphatic carbocycles. The highest BCUT2D eigenvalue weighted by Crippen LogP contribution is 2.35. The van der Waals surface area contributed by atoms with Crippen LogP contribution in [0.1, 0.15) is 52.7 Å². The van der Waals surface area contributed by atoms with Gasteiger partial charge in [0, 0.05) is 17.4 Å². The lowest BCUT2D eigenvalue weighted by molar-refractivity contribution is 0.262. The first-order valence-electron chi connectivity index (χ1n) is 10.6. The zero-order valence-electron chi connectivity index (χ0n) is 19.5. The Hall–Kier alpha value is -3.54. The number of urea groups is 1. The molecule has 1 heterocycles. The number of pyridine rings is 1. The molecule has 168 valence electrons. The van der Waals surface area contributed by atoms with Gasteiger partial charge in [0.2, 0.25) is 0 Å². The zero-order chi connectivity index (χ0) is 23.5. The summed E-state index contributed by atoms with van der Waals surface area (Å²) in [7, 11) is 0. The van der Waals surface area contributed by atoms with E-state index in [2.05, 4.69) is 57.2 Å². The van der Waals surface area contributed by atoms with Crippen molar-refractivity contribution in [1.82, 2.24) is 4.98 Å². The van der Waals surface area contributed by atoms with Crippen LogP contribution in [0.4, 0.5) is 16.2 Å². The quantitative estimate of drug-likeness (QED) is 0.445. The molecule has 0 aliphatic heterocycles. The fourth-order valence-corrected chi connectivity index (χ4v) is 3.29. The van der Waals surface area contributed by atoms with Crippen LogP contribution >= 0.6 is 0 Å². The van der Waals surface area contributed by atoms with E-state index in [0.717, 1.165) is 11.1 Å².